The lowest BCUT2D eigenvalue weighted by molar-refractivity contribution is 0.628. The Balaban J connectivity index is 1.78. The number of nitrogens with zero attached hydrogens (tertiary/aromatic N) is 3. The number of aromatic nitrogens is 5. The Morgan fingerprint density at radius 3 is 2.67 bits per heavy atom. The number of halogens is 1. The van der Waals surface area contributed by atoms with E-state index in [1.165, 1.54) is 12.1 Å². The van der Waals surface area contributed by atoms with E-state index in [0.29, 0.717) is 28.3 Å². The highest BCUT2D eigenvalue weighted by atomic mass is 19.1. The van der Waals surface area contributed by atoms with E-state index in [1.807, 2.05) is 50.3 Å². The first-order valence-electron chi connectivity index (χ1n) is 12.9. The van der Waals surface area contributed by atoms with Gasteiger partial charge in [0, 0.05) is 28.4 Å². The first-order valence-corrected chi connectivity index (χ1v) is 12.9. The number of imidazole rings is 1. The van der Waals surface area contributed by atoms with Gasteiger partial charge in [0.25, 0.3) is 0 Å². The summed E-state index contributed by atoms with van der Waals surface area (Å²) in [6, 6.07) is 8.18. The summed E-state index contributed by atoms with van der Waals surface area (Å²) < 4.78 is 13.9. The molecule has 3 heterocycles. The normalized spacial score (nSPS) is 13.2. The van der Waals surface area contributed by atoms with Gasteiger partial charge in [0.15, 0.2) is 5.82 Å². The number of hydrogen-bond donors (Lipinski definition) is 3. The Hall–Kier alpha value is -4.78. The Morgan fingerprint density at radius 2 is 1.97 bits per heavy atom. The molecule has 1 aromatic carbocycles. The second kappa shape index (κ2) is 12.2. The fraction of sp³-hybridized carbons (Fsp3) is 0.156. The first kappa shape index (κ1) is 27.3. The number of nitrogens with one attached hydrogen (secondary N) is 3. The molecule has 6 nitrogen and oxygen atoms in total. The van der Waals surface area contributed by atoms with E-state index >= 15 is 0 Å². The van der Waals surface area contributed by atoms with Crippen LogP contribution in [-0.4, -0.2) is 25.1 Å². The quantitative estimate of drug-likeness (QED) is 0.217. The third kappa shape index (κ3) is 6.04. The van der Waals surface area contributed by atoms with E-state index in [9.17, 15) is 4.39 Å². The van der Waals surface area contributed by atoms with Gasteiger partial charge < -0.3 is 10.3 Å². The third-order valence-electron chi connectivity index (χ3n) is 6.25. The average Bonchev–Trinajstić information content (AvgIpc) is 3.54. The van der Waals surface area contributed by atoms with Crippen molar-refractivity contribution in [3.63, 3.8) is 0 Å². The van der Waals surface area contributed by atoms with Crippen molar-refractivity contribution in [1.29, 1.82) is 0 Å². The van der Waals surface area contributed by atoms with Crippen molar-refractivity contribution in [2.45, 2.75) is 33.6 Å². The standard InChI is InChI=1S/C32H33FN6/c1-7-12-21(6)35-25(9-3)19-22(8-2)20(5)17-26-27(10-4)38-39-30(26)32-36-28-15-16-34-29(31(28)37-32)23-13-11-14-24(33)18-23/h8-11,13-19,35,38H,3,5-7,12H2,1-2,4H3,(H,36,37)/b22-8+,25-19+,26-17+,27-10+. The number of benzene rings is 1. The molecule has 3 aromatic heterocycles. The maximum Gasteiger partial charge on any atom is 0.159 e. The number of rotatable bonds is 10. The molecule has 0 saturated carbocycles. The van der Waals surface area contributed by atoms with Crippen LogP contribution in [0.1, 0.15) is 33.6 Å². The average molecular weight is 521 g/mol. The van der Waals surface area contributed by atoms with Gasteiger partial charge in [-0.2, -0.15) is 5.10 Å². The van der Waals surface area contributed by atoms with Crippen LogP contribution in [0.4, 0.5) is 4.39 Å². The minimum Gasteiger partial charge on any atom is -0.359 e. The lowest BCUT2D eigenvalue weighted by atomic mass is 10.0. The van der Waals surface area contributed by atoms with Crippen LogP contribution in [0.5, 0.6) is 0 Å². The van der Waals surface area contributed by atoms with E-state index in [0.717, 1.165) is 51.5 Å². The van der Waals surface area contributed by atoms with Gasteiger partial charge in [-0.1, -0.05) is 57.4 Å². The molecule has 0 fully saturated rings. The molecule has 39 heavy (non-hydrogen) atoms. The van der Waals surface area contributed by atoms with Crippen LogP contribution in [0.15, 0.2) is 97.0 Å². The summed E-state index contributed by atoms with van der Waals surface area (Å²) in [7, 11) is 0. The third-order valence-corrected chi connectivity index (χ3v) is 6.25. The predicted octanol–water partition coefficient (Wildman–Crippen LogP) is 6.21. The van der Waals surface area contributed by atoms with Gasteiger partial charge in [0.2, 0.25) is 0 Å². The maximum absolute atomic E-state index is 13.9. The van der Waals surface area contributed by atoms with Gasteiger partial charge in [0.05, 0.1) is 16.6 Å². The Bertz CT molecular complexity index is 1730. The molecular formula is C32H33FN6. The summed E-state index contributed by atoms with van der Waals surface area (Å²) in [5.41, 5.74) is 6.81. The van der Waals surface area contributed by atoms with Crippen LogP contribution < -0.4 is 15.9 Å². The molecule has 0 radical (unpaired) electrons. The number of hydrogen-bond acceptors (Lipinski definition) is 4. The van der Waals surface area contributed by atoms with Crippen molar-refractivity contribution in [2.24, 2.45) is 0 Å². The van der Waals surface area contributed by atoms with Crippen molar-refractivity contribution < 1.29 is 4.39 Å². The lowest BCUT2D eigenvalue weighted by Crippen LogP contribution is -2.24. The van der Waals surface area contributed by atoms with E-state index in [-0.39, 0.29) is 5.82 Å². The summed E-state index contributed by atoms with van der Waals surface area (Å²) in [6.45, 7) is 18.4. The molecule has 0 aliphatic heterocycles. The van der Waals surface area contributed by atoms with E-state index in [4.69, 9.17) is 4.98 Å². The van der Waals surface area contributed by atoms with Crippen LogP contribution in [0, 0.1) is 5.82 Å². The largest absolute Gasteiger partial charge is 0.359 e. The molecule has 0 atom stereocenters. The number of pyridine rings is 1. The second-order valence-corrected chi connectivity index (χ2v) is 9.04. The summed E-state index contributed by atoms with van der Waals surface area (Å²) in [6.07, 6.45) is 13.3. The molecule has 198 valence electrons. The minimum atomic E-state index is -0.328. The lowest BCUT2D eigenvalue weighted by Gasteiger charge is -2.11. The van der Waals surface area contributed by atoms with Gasteiger partial charge in [-0.15, -0.1) is 0 Å². The SMILES string of the molecule is C=C/C(=C\C(=C/C)C(=C)/C=c1/c(-c2nc3c(-c4cccc(F)c4)nccc3[nH]2)n[nH]/c1=C/C)NC(=C)CCC. The highest BCUT2D eigenvalue weighted by Crippen LogP contribution is 2.27. The smallest absolute Gasteiger partial charge is 0.159 e. The van der Waals surface area contributed by atoms with E-state index in [1.54, 1.807) is 18.3 Å². The number of aromatic amines is 2. The van der Waals surface area contributed by atoms with Crippen LogP contribution in [0.25, 0.3) is 46.0 Å². The molecule has 0 aliphatic carbocycles. The molecule has 4 aromatic rings. The van der Waals surface area contributed by atoms with Crippen LogP contribution in [0.2, 0.25) is 0 Å². The second-order valence-electron chi connectivity index (χ2n) is 9.04. The molecule has 0 bridgehead atoms. The van der Waals surface area contributed by atoms with Gasteiger partial charge in [-0.3, -0.25) is 10.1 Å². The fourth-order valence-electron chi connectivity index (χ4n) is 4.31. The highest BCUT2D eigenvalue weighted by Gasteiger charge is 2.15. The Labute approximate surface area is 227 Å². The zero-order valence-corrected chi connectivity index (χ0v) is 22.6. The van der Waals surface area contributed by atoms with Crippen LogP contribution >= 0.6 is 0 Å². The summed E-state index contributed by atoms with van der Waals surface area (Å²) >= 11 is 0. The Kier molecular flexibility index (Phi) is 8.51. The van der Waals surface area contributed by atoms with Gasteiger partial charge >= 0.3 is 0 Å². The van der Waals surface area contributed by atoms with Crippen LogP contribution in [-0.2, 0) is 0 Å². The minimum absolute atomic E-state index is 0.328. The molecule has 3 N–H and O–H groups in total. The molecule has 0 amide bonds. The van der Waals surface area contributed by atoms with Crippen molar-refractivity contribution in [2.75, 3.05) is 0 Å². The van der Waals surface area contributed by atoms with Crippen molar-refractivity contribution in [1.82, 2.24) is 30.5 Å². The molecule has 4 rings (SSSR count). The number of H-pyrrole nitrogens is 2. The van der Waals surface area contributed by atoms with Gasteiger partial charge in [0.1, 0.15) is 17.0 Å². The number of allylic oxidation sites excluding steroid dienone is 6. The van der Waals surface area contributed by atoms with Crippen molar-refractivity contribution in [3.8, 4) is 22.8 Å². The molecular weight excluding hydrogens is 487 g/mol. The molecule has 0 spiro atoms. The molecule has 0 unspecified atom stereocenters. The molecule has 0 saturated heterocycles. The highest BCUT2D eigenvalue weighted by molar-refractivity contribution is 5.91. The first-order chi connectivity index (χ1) is 18.9. The van der Waals surface area contributed by atoms with Crippen molar-refractivity contribution in [3.05, 3.63) is 113 Å². The zero-order valence-electron chi connectivity index (χ0n) is 22.6. The van der Waals surface area contributed by atoms with Crippen molar-refractivity contribution >= 4 is 23.2 Å². The molecule has 0 aliphatic rings. The zero-order chi connectivity index (χ0) is 27.9. The summed E-state index contributed by atoms with van der Waals surface area (Å²) in [5.74, 6) is 0.243. The summed E-state index contributed by atoms with van der Waals surface area (Å²) in [4.78, 5) is 12.7. The Morgan fingerprint density at radius 1 is 1.15 bits per heavy atom. The van der Waals surface area contributed by atoms with Crippen LogP contribution in [0.3, 0.4) is 0 Å². The van der Waals surface area contributed by atoms with Gasteiger partial charge in [-0.25, -0.2) is 9.37 Å². The predicted molar refractivity (Wildman–Crippen MR) is 159 cm³/mol. The molecule has 7 heteroatoms. The topological polar surface area (TPSA) is 82.3 Å². The number of fused-ring (bicyclic) bond motifs is 1. The summed E-state index contributed by atoms with van der Waals surface area (Å²) in [5, 5.41) is 12.7. The fourth-order valence-corrected chi connectivity index (χ4v) is 4.31. The monoisotopic (exact) mass is 520 g/mol. The maximum atomic E-state index is 13.9. The van der Waals surface area contributed by atoms with E-state index in [2.05, 4.69) is 52.1 Å². The van der Waals surface area contributed by atoms with Gasteiger partial charge in [-0.05, 0) is 67.8 Å². The van der Waals surface area contributed by atoms with E-state index < -0.39 is 0 Å².